The summed E-state index contributed by atoms with van der Waals surface area (Å²) in [6.45, 7) is 0.0480. The number of aliphatic hydroxyl groups is 1. The van der Waals surface area contributed by atoms with Gasteiger partial charge < -0.3 is 5.11 Å². The molecular formula is C19H15N3O. The predicted molar refractivity (Wildman–Crippen MR) is 89.8 cm³/mol. The molecule has 2 heterocycles. The van der Waals surface area contributed by atoms with Crippen LogP contribution in [0.2, 0.25) is 0 Å². The van der Waals surface area contributed by atoms with Crippen LogP contribution in [0.4, 0.5) is 0 Å². The van der Waals surface area contributed by atoms with Gasteiger partial charge >= 0.3 is 0 Å². The van der Waals surface area contributed by atoms with Gasteiger partial charge in [-0.1, -0.05) is 54.6 Å². The van der Waals surface area contributed by atoms with Gasteiger partial charge in [0.2, 0.25) is 0 Å². The standard InChI is InChI=1S/C19H15N3O/c23-13-14-6-8-15(9-7-14)17-12-22-18(10-21-19(22)11-20-17)16-4-2-1-3-5-16/h1-12,23H,13H2. The lowest BCUT2D eigenvalue weighted by Gasteiger charge is -2.06. The summed E-state index contributed by atoms with van der Waals surface area (Å²) in [5, 5.41) is 9.15. The predicted octanol–water partition coefficient (Wildman–Crippen LogP) is 3.56. The third kappa shape index (κ3) is 2.49. The van der Waals surface area contributed by atoms with E-state index < -0.39 is 0 Å². The monoisotopic (exact) mass is 301 g/mol. The third-order valence-electron chi connectivity index (χ3n) is 3.90. The molecule has 4 aromatic rings. The molecule has 0 saturated heterocycles. The number of imidazole rings is 1. The van der Waals surface area contributed by atoms with E-state index in [9.17, 15) is 0 Å². The van der Waals surface area contributed by atoms with Crippen LogP contribution in [-0.2, 0) is 6.61 Å². The molecule has 4 heteroatoms. The van der Waals surface area contributed by atoms with Crippen LogP contribution in [-0.4, -0.2) is 19.5 Å². The zero-order valence-electron chi connectivity index (χ0n) is 12.4. The molecule has 4 rings (SSSR count). The lowest BCUT2D eigenvalue weighted by Crippen LogP contribution is -1.93. The van der Waals surface area contributed by atoms with Crippen molar-refractivity contribution in [1.82, 2.24) is 14.4 Å². The Balaban J connectivity index is 1.83. The number of hydrogen-bond donors (Lipinski definition) is 1. The van der Waals surface area contributed by atoms with E-state index in [1.54, 1.807) is 6.20 Å². The highest BCUT2D eigenvalue weighted by molar-refractivity contribution is 5.66. The number of rotatable bonds is 3. The number of aliphatic hydroxyl groups excluding tert-OH is 1. The highest BCUT2D eigenvalue weighted by Crippen LogP contribution is 2.23. The van der Waals surface area contributed by atoms with Gasteiger partial charge in [-0.15, -0.1) is 0 Å². The quantitative estimate of drug-likeness (QED) is 0.629. The molecule has 0 saturated carbocycles. The lowest BCUT2D eigenvalue weighted by atomic mass is 10.1. The van der Waals surface area contributed by atoms with Crippen LogP contribution < -0.4 is 0 Å². The fourth-order valence-electron chi connectivity index (χ4n) is 2.64. The maximum absolute atomic E-state index is 9.15. The number of hydrogen-bond acceptors (Lipinski definition) is 3. The van der Waals surface area contributed by atoms with Gasteiger partial charge in [0.15, 0.2) is 5.65 Å². The molecule has 0 aliphatic rings. The van der Waals surface area contributed by atoms with Crippen LogP contribution in [0.1, 0.15) is 5.56 Å². The van der Waals surface area contributed by atoms with Gasteiger partial charge in [0.25, 0.3) is 0 Å². The molecular weight excluding hydrogens is 286 g/mol. The minimum atomic E-state index is 0.0480. The Kier molecular flexibility index (Phi) is 3.37. The van der Waals surface area contributed by atoms with E-state index in [0.29, 0.717) is 0 Å². The van der Waals surface area contributed by atoms with Gasteiger partial charge in [0.1, 0.15) is 0 Å². The minimum absolute atomic E-state index is 0.0480. The van der Waals surface area contributed by atoms with Crippen molar-refractivity contribution < 1.29 is 5.11 Å². The van der Waals surface area contributed by atoms with E-state index in [4.69, 9.17) is 5.11 Å². The molecule has 23 heavy (non-hydrogen) atoms. The normalized spacial score (nSPS) is 11.0. The van der Waals surface area contributed by atoms with Crippen molar-refractivity contribution in [2.24, 2.45) is 0 Å². The first-order valence-electron chi connectivity index (χ1n) is 7.44. The highest BCUT2D eigenvalue weighted by atomic mass is 16.3. The van der Waals surface area contributed by atoms with Crippen molar-refractivity contribution in [1.29, 1.82) is 0 Å². The van der Waals surface area contributed by atoms with Crippen LogP contribution in [0.3, 0.4) is 0 Å². The zero-order valence-corrected chi connectivity index (χ0v) is 12.4. The van der Waals surface area contributed by atoms with Crippen molar-refractivity contribution in [3.05, 3.63) is 78.8 Å². The molecule has 0 amide bonds. The Morgan fingerprint density at radius 3 is 2.35 bits per heavy atom. The van der Waals surface area contributed by atoms with Crippen LogP contribution in [0.25, 0.3) is 28.2 Å². The molecule has 112 valence electrons. The van der Waals surface area contributed by atoms with Gasteiger partial charge in [-0.05, 0) is 5.56 Å². The summed E-state index contributed by atoms with van der Waals surface area (Å²) in [6.07, 6.45) is 5.64. The van der Waals surface area contributed by atoms with Gasteiger partial charge in [0.05, 0.1) is 30.4 Å². The summed E-state index contributed by atoms with van der Waals surface area (Å²) >= 11 is 0. The third-order valence-corrected chi connectivity index (χ3v) is 3.90. The average Bonchev–Trinajstić information content (AvgIpc) is 3.05. The first kappa shape index (κ1) is 13.7. The Morgan fingerprint density at radius 1 is 0.826 bits per heavy atom. The van der Waals surface area contributed by atoms with Gasteiger partial charge in [-0.2, -0.15) is 0 Å². The van der Waals surface area contributed by atoms with E-state index in [-0.39, 0.29) is 6.61 Å². The second-order valence-electron chi connectivity index (χ2n) is 5.37. The Hall–Kier alpha value is -2.98. The summed E-state index contributed by atoms with van der Waals surface area (Å²) in [5.41, 5.74) is 5.75. The molecule has 2 aromatic carbocycles. The van der Waals surface area contributed by atoms with Gasteiger partial charge in [-0.25, -0.2) is 4.98 Å². The van der Waals surface area contributed by atoms with Gasteiger partial charge in [-0.3, -0.25) is 9.38 Å². The SMILES string of the molecule is OCc1ccc(-c2cn3c(-c4ccccc4)cnc3cn2)cc1. The molecule has 0 radical (unpaired) electrons. The van der Waals surface area contributed by atoms with E-state index >= 15 is 0 Å². The first-order valence-corrected chi connectivity index (χ1v) is 7.44. The van der Waals surface area contributed by atoms with Crippen LogP contribution in [0.15, 0.2) is 73.2 Å². The van der Waals surface area contributed by atoms with Crippen molar-refractivity contribution in [2.75, 3.05) is 0 Å². The summed E-state index contributed by atoms with van der Waals surface area (Å²) in [7, 11) is 0. The summed E-state index contributed by atoms with van der Waals surface area (Å²) in [4.78, 5) is 8.92. The molecule has 0 aliphatic carbocycles. The zero-order chi connectivity index (χ0) is 15.6. The largest absolute Gasteiger partial charge is 0.392 e. The Bertz CT molecular complexity index is 943. The molecule has 2 aromatic heterocycles. The summed E-state index contributed by atoms with van der Waals surface area (Å²) < 4.78 is 2.05. The number of fused-ring (bicyclic) bond motifs is 1. The second kappa shape index (κ2) is 5.66. The van der Waals surface area contributed by atoms with E-state index in [1.807, 2.05) is 54.9 Å². The second-order valence-corrected chi connectivity index (χ2v) is 5.37. The maximum atomic E-state index is 9.15. The molecule has 0 spiro atoms. The van der Waals surface area contributed by atoms with E-state index in [2.05, 4.69) is 26.5 Å². The molecule has 1 N–H and O–H groups in total. The first-order chi connectivity index (χ1) is 11.3. The van der Waals surface area contributed by atoms with Crippen LogP contribution in [0, 0.1) is 0 Å². The number of benzene rings is 2. The van der Waals surface area contributed by atoms with E-state index in [0.717, 1.165) is 33.7 Å². The maximum Gasteiger partial charge on any atom is 0.155 e. The fraction of sp³-hybridized carbons (Fsp3) is 0.0526. The van der Waals surface area contributed by atoms with Crippen LogP contribution >= 0.6 is 0 Å². The smallest absolute Gasteiger partial charge is 0.155 e. The lowest BCUT2D eigenvalue weighted by molar-refractivity contribution is 0.282. The fourth-order valence-corrected chi connectivity index (χ4v) is 2.64. The van der Waals surface area contributed by atoms with Crippen molar-refractivity contribution in [3.63, 3.8) is 0 Å². The molecule has 0 fully saturated rings. The number of nitrogens with zero attached hydrogens (tertiary/aromatic N) is 3. The van der Waals surface area contributed by atoms with Gasteiger partial charge in [0, 0.05) is 17.3 Å². The minimum Gasteiger partial charge on any atom is -0.392 e. The topological polar surface area (TPSA) is 50.4 Å². The van der Waals surface area contributed by atoms with Crippen LogP contribution in [0.5, 0.6) is 0 Å². The average molecular weight is 301 g/mol. The molecule has 4 nitrogen and oxygen atoms in total. The van der Waals surface area contributed by atoms with Crippen molar-refractivity contribution >= 4 is 5.65 Å². The molecule has 0 unspecified atom stereocenters. The Labute approximate surface area is 133 Å². The van der Waals surface area contributed by atoms with Crippen molar-refractivity contribution in [2.45, 2.75) is 6.61 Å². The summed E-state index contributed by atoms with van der Waals surface area (Å²) in [5.74, 6) is 0. The molecule has 0 aliphatic heterocycles. The van der Waals surface area contributed by atoms with E-state index in [1.165, 1.54) is 0 Å². The van der Waals surface area contributed by atoms with Crippen molar-refractivity contribution in [3.8, 4) is 22.5 Å². The summed E-state index contributed by atoms with van der Waals surface area (Å²) in [6, 6.07) is 17.9. The number of aromatic nitrogens is 3. The Morgan fingerprint density at radius 2 is 1.61 bits per heavy atom. The highest BCUT2D eigenvalue weighted by Gasteiger charge is 2.08. The molecule has 0 atom stereocenters. The molecule has 0 bridgehead atoms.